The van der Waals surface area contributed by atoms with Crippen LogP contribution < -0.4 is 9.80 Å². The molecule has 48 heavy (non-hydrogen) atoms. The predicted molar refractivity (Wildman–Crippen MR) is 191 cm³/mol. The van der Waals surface area contributed by atoms with Crippen molar-refractivity contribution in [2.45, 2.75) is 63.7 Å². The van der Waals surface area contributed by atoms with Gasteiger partial charge in [0.25, 0.3) is 0 Å². The molecular formula is C39H56N6O3. The van der Waals surface area contributed by atoms with Gasteiger partial charge in [0, 0.05) is 126 Å². The second-order valence-electron chi connectivity index (χ2n) is 15.0. The van der Waals surface area contributed by atoms with Gasteiger partial charge in [0.2, 0.25) is 0 Å². The van der Waals surface area contributed by atoms with Crippen LogP contribution in [0.4, 0.5) is 11.4 Å². The molecule has 0 bridgehead atoms. The Bertz CT molecular complexity index is 1280. The van der Waals surface area contributed by atoms with Crippen molar-refractivity contribution in [3.63, 3.8) is 0 Å². The smallest absolute Gasteiger partial charge is 0.197 e. The molecule has 260 valence electrons. The minimum Gasteiger partial charge on any atom is -0.379 e. The molecule has 4 heterocycles. The van der Waals surface area contributed by atoms with E-state index in [-0.39, 0.29) is 5.78 Å². The van der Waals surface area contributed by atoms with Crippen LogP contribution in [0.3, 0.4) is 0 Å². The molecule has 0 radical (unpaired) electrons. The molecular weight excluding hydrogens is 600 g/mol. The highest BCUT2D eigenvalue weighted by Crippen LogP contribution is 2.34. The van der Waals surface area contributed by atoms with Crippen molar-refractivity contribution in [1.29, 1.82) is 0 Å². The normalized spacial score (nSPS) is 24.4. The molecule has 9 nitrogen and oxygen atoms in total. The maximum absolute atomic E-state index is 14.9. The number of anilines is 2. The molecule has 6 aliphatic rings. The third kappa shape index (κ3) is 7.32. The summed E-state index contributed by atoms with van der Waals surface area (Å²) in [4.78, 5) is 30.3. The first-order valence-corrected chi connectivity index (χ1v) is 19.1. The summed E-state index contributed by atoms with van der Waals surface area (Å²) in [6.07, 6.45) is 8.12. The van der Waals surface area contributed by atoms with E-state index in [4.69, 9.17) is 9.47 Å². The number of ether oxygens (including phenoxy) is 2. The van der Waals surface area contributed by atoms with Gasteiger partial charge >= 0.3 is 0 Å². The highest BCUT2D eigenvalue weighted by molar-refractivity contribution is 6.15. The summed E-state index contributed by atoms with van der Waals surface area (Å²) >= 11 is 0. The van der Waals surface area contributed by atoms with Crippen LogP contribution in [0.25, 0.3) is 0 Å². The average Bonchev–Trinajstić information content (AvgIpc) is 3.08. The Morgan fingerprint density at radius 1 is 0.542 bits per heavy atom. The summed E-state index contributed by atoms with van der Waals surface area (Å²) in [7, 11) is 0. The average molecular weight is 657 g/mol. The van der Waals surface area contributed by atoms with Crippen LogP contribution in [-0.2, 0) is 22.6 Å². The van der Waals surface area contributed by atoms with Gasteiger partial charge in [-0.05, 0) is 61.1 Å². The van der Waals surface area contributed by atoms with E-state index in [9.17, 15) is 4.79 Å². The van der Waals surface area contributed by atoms with Gasteiger partial charge in [0.15, 0.2) is 5.78 Å². The zero-order valence-corrected chi connectivity index (χ0v) is 29.0. The molecule has 9 heteroatoms. The summed E-state index contributed by atoms with van der Waals surface area (Å²) in [5, 5.41) is 0. The third-order valence-electron chi connectivity index (χ3n) is 12.1. The number of nitrogens with zero attached hydrogens (tertiary/aromatic N) is 6. The fourth-order valence-electron chi connectivity index (χ4n) is 8.60. The van der Waals surface area contributed by atoms with Crippen molar-refractivity contribution in [3.8, 4) is 0 Å². The fourth-order valence-corrected chi connectivity index (χ4v) is 8.60. The second kappa shape index (κ2) is 15.2. The van der Waals surface area contributed by atoms with E-state index < -0.39 is 0 Å². The molecule has 0 atom stereocenters. The molecule has 0 unspecified atom stereocenters. The number of hydrogen-bond donors (Lipinski definition) is 0. The molecule has 0 amide bonds. The van der Waals surface area contributed by atoms with Gasteiger partial charge in [-0.1, -0.05) is 25.0 Å². The Morgan fingerprint density at radius 3 is 1.29 bits per heavy atom. The number of benzene rings is 2. The fraction of sp³-hybridized carbons (Fsp3) is 0.667. The van der Waals surface area contributed by atoms with Crippen molar-refractivity contribution in [1.82, 2.24) is 19.6 Å². The van der Waals surface area contributed by atoms with Crippen LogP contribution in [0.5, 0.6) is 0 Å². The lowest BCUT2D eigenvalue weighted by atomic mass is 9.90. The molecule has 2 aromatic carbocycles. The van der Waals surface area contributed by atoms with E-state index in [1.165, 1.54) is 49.7 Å². The molecule has 4 aliphatic heterocycles. The van der Waals surface area contributed by atoms with Gasteiger partial charge in [0.1, 0.15) is 0 Å². The zero-order chi connectivity index (χ0) is 32.3. The van der Waals surface area contributed by atoms with Crippen molar-refractivity contribution in [3.05, 3.63) is 58.7 Å². The molecule has 0 N–H and O–H groups in total. The standard InChI is InChI=1S/C39H56N6O3/c46-39(35-9-7-31(29-40-19-23-47-24-20-40)27-37(35)44-15-11-42(12-16-44)33-3-1-4-33)36-10-8-32(30-41-21-25-48-26-22-41)28-38(36)45-17-13-43(14-18-45)34-5-2-6-34/h7-10,27-28,33-34H,1-6,11-26,29-30H2. The van der Waals surface area contributed by atoms with Gasteiger partial charge in [0.05, 0.1) is 26.4 Å². The maximum Gasteiger partial charge on any atom is 0.197 e. The number of hydrogen-bond acceptors (Lipinski definition) is 9. The topological polar surface area (TPSA) is 55.0 Å². The number of ketones is 1. The summed E-state index contributed by atoms with van der Waals surface area (Å²) in [5.41, 5.74) is 6.53. The van der Waals surface area contributed by atoms with Gasteiger partial charge in [-0.3, -0.25) is 24.4 Å². The largest absolute Gasteiger partial charge is 0.379 e. The Kier molecular flexibility index (Phi) is 10.3. The van der Waals surface area contributed by atoms with E-state index >= 15 is 0 Å². The van der Waals surface area contributed by atoms with Crippen LogP contribution in [0.1, 0.15) is 65.6 Å². The lowest BCUT2D eigenvalue weighted by molar-refractivity contribution is 0.0341. The number of rotatable bonds is 10. The predicted octanol–water partition coefficient (Wildman–Crippen LogP) is 3.93. The van der Waals surface area contributed by atoms with Crippen molar-refractivity contribution in [2.75, 3.05) is 115 Å². The highest BCUT2D eigenvalue weighted by atomic mass is 16.5. The Hall–Kier alpha value is -2.53. The Labute approximate surface area is 287 Å². The molecule has 8 rings (SSSR count). The first-order chi connectivity index (χ1) is 23.7. The number of carbonyl (C=O) groups excluding carboxylic acids is 1. The summed E-state index contributed by atoms with van der Waals surface area (Å²) < 4.78 is 11.2. The minimum atomic E-state index is 0.165. The van der Waals surface area contributed by atoms with Crippen molar-refractivity contribution >= 4 is 17.2 Å². The van der Waals surface area contributed by atoms with Gasteiger partial charge in [-0.15, -0.1) is 0 Å². The summed E-state index contributed by atoms with van der Waals surface area (Å²) in [5.74, 6) is 0.165. The maximum atomic E-state index is 14.9. The molecule has 0 spiro atoms. The quantitative estimate of drug-likeness (QED) is 0.355. The number of piperazine rings is 2. The van der Waals surface area contributed by atoms with Crippen LogP contribution in [0, 0.1) is 0 Å². The number of carbonyl (C=O) groups is 1. The first kappa shape index (κ1) is 32.7. The van der Waals surface area contributed by atoms with Crippen molar-refractivity contribution in [2.24, 2.45) is 0 Å². The monoisotopic (exact) mass is 656 g/mol. The Balaban J connectivity index is 1.08. The third-order valence-corrected chi connectivity index (χ3v) is 12.1. The highest BCUT2D eigenvalue weighted by Gasteiger charge is 2.32. The van der Waals surface area contributed by atoms with E-state index in [1.54, 1.807) is 0 Å². The van der Waals surface area contributed by atoms with Crippen LogP contribution in [-0.4, -0.2) is 142 Å². The first-order valence-electron chi connectivity index (χ1n) is 19.1. The molecule has 4 saturated heterocycles. The van der Waals surface area contributed by atoms with E-state index in [2.05, 4.69) is 65.8 Å². The van der Waals surface area contributed by atoms with E-state index in [1.807, 2.05) is 0 Å². The zero-order valence-electron chi connectivity index (χ0n) is 29.0. The van der Waals surface area contributed by atoms with Crippen LogP contribution in [0.2, 0.25) is 0 Å². The lowest BCUT2D eigenvalue weighted by Gasteiger charge is -2.44. The van der Waals surface area contributed by atoms with Gasteiger partial charge < -0.3 is 19.3 Å². The molecule has 2 aliphatic carbocycles. The van der Waals surface area contributed by atoms with E-state index in [0.29, 0.717) is 0 Å². The SMILES string of the molecule is O=C(c1ccc(CN2CCOCC2)cc1N1CCN(C2CCC2)CC1)c1ccc(CN2CCOCC2)cc1N1CCN(C2CCC2)CC1. The second-order valence-corrected chi connectivity index (χ2v) is 15.0. The van der Waals surface area contributed by atoms with E-state index in [0.717, 1.165) is 153 Å². The molecule has 2 saturated carbocycles. The molecule has 2 aromatic rings. The molecule has 0 aromatic heterocycles. The van der Waals surface area contributed by atoms with Crippen LogP contribution >= 0.6 is 0 Å². The number of morpholine rings is 2. The Morgan fingerprint density at radius 2 is 0.938 bits per heavy atom. The molecule has 6 fully saturated rings. The summed E-state index contributed by atoms with van der Waals surface area (Å²) in [6.45, 7) is 17.1. The summed E-state index contributed by atoms with van der Waals surface area (Å²) in [6, 6.07) is 14.9. The van der Waals surface area contributed by atoms with Gasteiger partial charge in [-0.2, -0.15) is 0 Å². The van der Waals surface area contributed by atoms with Crippen LogP contribution in [0.15, 0.2) is 36.4 Å². The van der Waals surface area contributed by atoms with Gasteiger partial charge in [-0.25, -0.2) is 0 Å². The minimum absolute atomic E-state index is 0.165. The van der Waals surface area contributed by atoms with Crippen molar-refractivity contribution < 1.29 is 14.3 Å². The lowest BCUT2D eigenvalue weighted by Crippen LogP contribution is -2.52.